The minimum absolute atomic E-state index is 0.0110. The van der Waals surface area contributed by atoms with Crippen molar-refractivity contribution >= 4 is 48.9 Å². The third-order valence-corrected chi connectivity index (χ3v) is 8.55. The molecule has 0 atom stereocenters. The van der Waals surface area contributed by atoms with Gasteiger partial charge in [0.25, 0.3) is 0 Å². The van der Waals surface area contributed by atoms with E-state index in [9.17, 15) is 15.0 Å². The normalized spacial score (nSPS) is 13.6. The molecule has 7 aromatic rings. The fourth-order valence-electron chi connectivity index (χ4n) is 7.09. The van der Waals surface area contributed by atoms with E-state index in [4.69, 9.17) is 0 Å². The Labute approximate surface area is 211 Å². The highest BCUT2D eigenvalue weighted by atomic mass is 16.3. The lowest BCUT2D eigenvalue weighted by molar-refractivity contribution is 0.104. The molecule has 0 bridgehead atoms. The molecule has 2 N–H and O–H groups in total. The number of benzene rings is 7. The molecule has 172 valence electrons. The van der Waals surface area contributed by atoms with E-state index in [2.05, 4.69) is 30.3 Å². The predicted octanol–water partition coefficient (Wildman–Crippen LogP) is 7.93. The van der Waals surface area contributed by atoms with Gasteiger partial charge in [-0.15, -0.1) is 0 Å². The van der Waals surface area contributed by atoms with E-state index in [1.165, 1.54) is 11.1 Å². The molecule has 0 aliphatic heterocycles. The van der Waals surface area contributed by atoms with Crippen LogP contribution in [0.4, 0.5) is 0 Å². The number of carbonyl (C=O) groups is 1. The molecule has 9 rings (SSSR count). The molecule has 0 saturated carbocycles. The second-order valence-electron chi connectivity index (χ2n) is 10.3. The van der Waals surface area contributed by atoms with Gasteiger partial charge in [0.2, 0.25) is 0 Å². The van der Waals surface area contributed by atoms with Gasteiger partial charge < -0.3 is 10.2 Å². The van der Waals surface area contributed by atoms with Crippen molar-refractivity contribution in [2.75, 3.05) is 0 Å². The average molecular weight is 475 g/mol. The molecule has 0 heterocycles. The van der Waals surface area contributed by atoms with Gasteiger partial charge in [0.15, 0.2) is 5.78 Å². The van der Waals surface area contributed by atoms with Crippen molar-refractivity contribution in [3.05, 3.63) is 107 Å². The summed E-state index contributed by atoms with van der Waals surface area (Å²) in [6.07, 6.45) is 0.821. The van der Waals surface area contributed by atoms with Crippen LogP contribution in [0.3, 0.4) is 0 Å². The van der Waals surface area contributed by atoms with Gasteiger partial charge in [-0.1, -0.05) is 66.7 Å². The second kappa shape index (κ2) is 6.26. The summed E-state index contributed by atoms with van der Waals surface area (Å²) >= 11 is 0. The van der Waals surface area contributed by atoms with E-state index in [1.54, 1.807) is 6.07 Å². The summed E-state index contributed by atoms with van der Waals surface area (Å²) < 4.78 is 0. The van der Waals surface area contributed by atoms with Crippen LogP contribution < -0.4 is 0 Å². The smallest absolute Gasteiger partial charge is 0.194 e. The van der Waals surface area contributed by atoms with Crippen molar-refractivity contribution in [1.29, 1.82) is 0 Å². The van der Waals surface area contributed by atoms with Crippen LogP contribution in [0.5, 0.6) is 11.5 Å². The first kappa shape index (κ1) is 19.3. The highest BCUT2D eigenvalue weighted by Crippen LogP contribution is 2.54. The molecule has 37 heavy (non-hydrogen) atoms. The lowest BCUT2D eigenvalue weighted by Gasteiger charge is -2.27. The number of phenols is 2. The Bertz CT molecular complexity index is 2200. The molecular formula is C34H18O3. The van der Waals surface area contributed by atoms with Gasteiger partial charge in [-0.05, 0) is 74.2 Å². The first-order chi connectivity index (χ1) is 18.1. The first-order valence-electron chi connectivity index (χ1n) is 12.5. The monoisotopic (exact) mass is 474 g/mol. The average Bonchev–Trinajstić information content (AvgIpc) is 2.93. The van der Waals surface area contributed by atoms with Crippen molar-refractivity contribution in [2.45, 2.75) is 6.42 Å². The van der Waals surface area contributed by atoms with Gasteiger partial charge >= 0.3 is 0 Å². The minimum Gasteiger partial charge on any atom is -0.507 e. The maximum atomic E-state index is 13.6. The van der Waals surface area contributed by atoms with Crippen LogP contribution in [0.2, 0.25) is 0 Å². The summed E-state index contributed by atoms with van der Waals surface area (Å²) in [5.74, 6) is 0.243. The summed E-state index contributed by atoms with van der Waals surface area (Å²) in [5, 5.41) is 30.1. The molecule has 0 amide bonds. The van der Waals surface area contributed by atoms with E-state index in [0.717, 1.165) is 61.0 Å². The Kier molecular flexibility index (Phi) is 3.27. The van der Waals surface area contributed by atoms with Crippen LogP contribution in [0.15, 0.2) is 84.9 Å². The third-order valence-electron chi connectivity index (χ3n) is 8.55. The zero-order valence-corrected chi connectivity index (χ0v) is 19.6. The number of rotatable bonds is 0. The van der Waals surface area contributed by atoms with Gasteiger partial charge in [-0.3, -0.25) is 4.79 Å². The van der Waals surface area contributed by atoms with Crippen molar-refractivity contribution in [2.24, 2.45) is 0 Å². The molecule has 0 saturated heterocycles. The fraction of sp³-hybridized carbons (Fsp3) is 0.0294. The maximum absolute atomic E-state index is 13.6. The summed E-state index contributed by atoms with van der Waals surface area (Å²) in [6.45, 7) is 0. The molecule has 0 unspecified atom stereocenters. The van der Waals surface area contributed by atoms with Crippen LogP contribution in [-0.4, -0.2) is 16.0 Å². The van der Waals surface area contributed by atoms with Crippen LogP contribution >= 0.6 is 0 Å². The number of aromatic hydroxyl groups is 2. The lowest BCUT2D eigenvalue weighted by atomic mass is 9.76. The summed E-state index contributed by atoms with van der Waals surface area (Å²) in [7, 11) is 0. The number of hydrogen-bond donors (Lipinski definition) is 2. The Balaban J connectivity index is 1.57. The van der Waals surface area contributed by atoms with Gasteiger partial charge in [-0.2, -0.15) is 0 Å². The van der Waals surface area contributed by atoms with Gasteiger partial charge in [0.1, 0.15) is 11.5 Å². The molecule has 0 spiro atoms. The van der Waals surface area contributed by atoms with E-state index in [0.29, 0.717) is 21.9 Å². The molecule has 3 heteroatoms. The SMILES string of the molecule is O=C1c2ccccc2-c2cc(O)c3c4c(O)cc5c6c(ccc(c7ccc1c2c73)c64)Cc1ccccc1-5. The number of ketones is 1. The molecule has 2 aliphatic carbocycles. The van der Waals surface area contributed by atoms with Crippen LogP contribution in [0, 0.1) is 0 Å². The largest absolute Gasteiger partial charge is 0.507 e. The van der Waals surface area contributed by atoms with Crippen molar-refractivity contribution in [1.82, 2.24) is 0 Å². The van der Waals surface area contributed by atoms with Crippen LogP contribution in [-0.2, 0) is 6.42 Å². The molecular weight excluding hydrogens is 456 g/mol. The van der Waals surface area contributed by atoms with E-state index < -0.39 is 0 Å². The van der Waals surface area contributed by atoms with Gasteiger partial charge in [0.05, 0.1) is 0 Å². The molecule has 7 aromatic carbocycles. The highest BCUT2D eigenvalue weighted by Gasteiger charge is 2.31. The molecule has 3 nitrogen and oxygen atoms in total. The standard InChI is InChI=1S/C34H18O3/c35-26-14-24-18-6-2-1-5-16(18)13-17-9-10-20-21-11-12-23-29-25(19-7-3-4-8-22(19)34(23)37)15-27(36)33(31(21)29)32(26)30(20)28(17)24/h1-12,14-15,35-36H,13H2. The maximum Gasteiger partial charge on any atom is 0.194 e. The highest BCUT2D eigenvalue weighted by molar-refractivity contribution is 6.41. The minimum atomic E-state index is -0.0110. The Hall–Kier alpha value is -4.89. The summed E-state index contributed by atoms with van der Waals surface area (Å²) in [5.41, 5.74) is 7.58. The van der Waals surface area contributed by atoms with Gasteiger partial charge in [-0.25, -0.2) is 0 Å². The predicted molar refractivity (Wildman–Crippen MR) is 148 cm³/mol. The Morgan fingerprint density at radius 1 is 0.459 bits per heavy atom. The first-order valence-corrected chi connectivity index (χ1v) is 12.5. The van der Waals surface area contributed by atoms with Crippen molar-refractivity contribution in [3.8, 4) is 33.8 Å². The lowest BCUT2D eigenvalue weighted by Crippen LogP contribution is -2.10. The number of carbonyl (C=O) groups excluding carboxylic acids is 1. The van der Waals surface area contributed by atoms with Gasteiger partial charge in [0, 0.05) is 38.1 Å². The van der Waals surface area contributed by atoms with Crippen molar-refractivity contribution < 1.29 is 15.0 Å². The quantitative estimate of drug-likeness (QED) is 0.173. The van der Waals surface area contributed by atoms with E-state index in [1.807, 2.05) is 48.5 Å². The number of hydrogen-bond acceptors (Lipinski definition) is 3. The summed E-state index contributed by atoms with van der Waals surface area (Å²) in [4.78, 5) is 13.6. The zero-order valence-electron chi connectivity index (χ0n) is 19.6. The van der Waals surface area contributed by atoms with E-state index in [-0.39, 0.29) is 17.3 Å². The van der Waals surface area contributed by atoms with Crippen LogP contribution in [0.1, 0.15) is 27.0 Å². The Morgan fingerprint density at radius 3 is 1.81 bits per heavy atom. The molecule has 0 radical (unpaired) electrons. The molecule has 0 aromatic heterocycles. The number of fused-ring (bicyclic) bond motifs is 6. The number of phenolic OH excluding ortho intramolecular Hbond substituents is 2. The third kappa shape index (κ3) is 2.14. The van der Waals surface area contributed by atoms with Crippen LogP contribution in [0.25, 0.3) is 65.3 Å². The zero-order chi connectivity index (χ0) is 24.6. The fourth-order valence-corrected chi connectivity index (χ4v) is 7.09. The van der Waals surface area contributed by atoms with E-state index >= 15 is 0 Å². The second-order valence-corrected chi connectivity index (χ2v) is 10.3. The summed E-state index contributed by atoms with van der Waals surface area (Å²) in [6, 6.07) is 27.8. The molecule has 2 aliphatic rings. The Morgan fingerprint density at radius 2 is 1.05 bits per heavy atom. The van der Waals surface area contributed by atoms with Crippen molar-refractivity contribution in [3.63, 3.8) is 0 Å². The topological polar surface area (TPSA) is 57.5 Å². The molecule has 0 fully saturated rings.